The van der Waals surface area contributed by atoms with Crippen molar-refractivity contribution < 1.29 is 32.2 Å². The molecule has 0 spiro atoms. The summed E-state index contributed by atoms with van der Waals surface area (Å²) in [4.78, 5) is 24.9. The summed E-state index contributed by atoms with van der Waals surface area (Å²) < 4.78 is 52.2. The van der Waals surface area contributed by atoms with Gasteiger partial charge in [0.25, 0.3) is 5.91 Å². The molecular formula is C27H24F3N5O4S. The number of amides is 2. The number of anilines is 1. The second kappa shape index (κ2) is 13.0. The van der Waals surface area contributed by atoms with Crippen molar-refractivity contribution in [1.29, 1.82) is 0 Å². The Morgan fingerprint density at radius 1 is 0.925 bits per heavy atom. The number of methoxy groups -OCH3 is 1. The molecule has 208 valence electrons. The molecule has 2 N–H and O–H groups in total. The zero-order valence-electron chi connectivity index (χ0n) is 21.1. The summed E-state index contributed by atoms with van der Waals surface area (Å²) in [6.07, 6.45) is -4.57. The minimum atomic E-state index is -4.57. The molecule has 13 heteroatoms. The van der Waals surface area contributed by atoms with Gasteiger partial charge in [-0.2, -0.15) is 13.2 Å². The number of aromatic nitrogens is 3. The monoisotopic (exact) mass is 571 g/mol. The van der Waals surface area contributed by atoms with Crippen molar-refractivity contribution in [2.75, 3.05) is 24.8 Å². The van der Waals surface area contributed by atoms with Crippen molar-refractivity contribution in [3.05, 3.63) is 90.3 Å². The zero-order chi connectivity index (χ0) is 28.5. The fraction of sp³-hybridized carbons (Fsp3) is 0.185. The number of ether oxygens (including phenoxy) is 2. The first kappa shape index (κ1) is 28.5. The number of carbonyl (C=O) groups is 2. The van der Waals surface area contributed by atoms with E-state index >= 15 is 0 Å². The predicted octanol–water partition coefficient (Wildman–Crippen LogP) is 4.72. The maximum Gasteiger partial charge on any atom is 0.416 e. The summed E-state index contributed by atoms with van der Waals surface area (Å²) in [6, 6.07) is 20.1. The Morgan fingerprint density at radius 2 is 1.68 bits per heavy atom. The second-order valence-electron chi connectivity index (χ2n) is 8.23. The Kier molecular flexibility index (Phi) is 9.27. The van der Waals surface area contributed by atoms with E-state index in [0.717, 1.165) is 23.9 Å². The van der Waals surface area contributed by atoms with E-state index < -0.39 is 17.6 Å². The van der Waals surface area contributed by atoms with E-state index in [4.69, 9.17) is 9.47 Å². The van der Waals surface area contributed by atoms with Crippen LogP contribution in [-0.2, 0) is 22.3 Å². The number of benzene rings is 3. The van der Waals surface area contributed by atoms with Gasteiger partial charge in [-0.05, 0) is 54.6 Å². The van der Waals surface area contributed by atoms with Gasteiger partial charge in [-0.3, -0.25) is 14.2 Å². The average Bonchev–Trinajstić information content (AvgIpc) is 3.37. The van der Waals surface area contributed by atoms with Gasteiger partial charge < -0.3 is 20.1 Å². The van der Waals surface area contributed by atoms with Crippen LogP contribution in [0.1, 0.15) is 11.4 Å². The van der Waals surface area contributed by atoms with E-state index in [0.29, 0.717) is 17.2 Å². The Labute approximate surface area is 231 Å². The number of alkyl halides is 3. The molecule has 0 aliphatic carbocycles. The predicted molar refractivity (Wildman–Crippen MR) is 142 cm³/mol. The molecule has 2 amide bonds. The number of para-hydroxylation sites is 1. The van der Waals surface area contributed by atoms with Crippen LogP contribution in [0.4, 0.5) is 18.9 Å². The largest absolute Gasteiger partial charge is 0.497 e. The summed E-state index contributed by atoms with van der Waals surface area (Å²) in [5.74, 6) is 0.396. The van der Waals surface area contributed by atoms with Gasteiger partial charge in [0.1, 0.15) is 11.5 Å². The van der Waals surface area contributed by atoms with E-state index in [1.54, 1.807) is 48.5 Å². The van der Waals surface area contributed by atoms with Gasteiger partial charge in [-0.1, -0.05) is 36.0 Å². The number of hydrogen-bond acceptors (Lipinski definition) is 7. The van der Waals surface area contributed by atoms with Gasteiger partial charge in [0, 0.05) is 5.69 Å². The van der Waals surface area contributed by atoms with Crippen LogP contribution in [-0.4, -0.2) is 46.0 Å². The van der Waals surface area contributed by atoms with E-state index in [1.807, 2.05) is 6.07 Å². The van der Waals surface area contributed by atoms with Crippen molar-refractivity contribution in [1.82, 2.24) is 20.1 Å². The lowest BCUT2D eigenvalue weighted by Gasteiger charge is -2.14. The molecule has 4 rings (SSSR count). The smallest absolute Gasteiger partial charge is 0.416 e. The molecule has 0 fully saturated rings. The van der Waals surface area contributed by atoms with Crippen molar-refractivity contribution in [2.24, 2.45) is 0 Å². The normalized spacial score (nSPS) is 11.1. The standard InChI is InChI=1S/C27H24F3N5O4S/c1-38-21-12-10-19(11-13-21)32-25(37)17-40-26-34-33-23(15-31-24(36)16-39-22-8-3-2-4-9-22)35(26)20-7-5-6-18(14-20)27(28,29)30/h2-14H,15-17H2,1H3,(H,31,36)(H,32,37). The molecule has 0 unspecified atom stereocenters. The Morgan fingerprint density at radius 3 is 2.38 bits per heavy atom. The highest BCUT2D eigenvalue weighted by molar-refractivity contribution is 7.99. The second-order valence-corrected chi connectivity index (χ2v) is 9.17. The van der Waals surface area contributed by atoms with Crippen LogP contribution in [0.15, 0.2) is 84.0 Å². The maximum atomic E-state index is 13.4. The number of rotatable bonds is 11. The topological polar surface area (TPSA) is 107 Å². The Hall–Kier alpha value is -4.52. The van der Waals surface area contributed by atoms with Crippen LogP contribution in [0.25, 0.3) is 5.69 Å². The summed E-state index contributed by atoms with van der Waals surface area (Å²) in [5, 5.41) is 13.7. The summed E-state index contributed by atoms with van der Waals surface area (Å²) in [7, 11) is 1.53. The molecule has 9 nitrogen and oxygen atoms in total. The van der Waals surface area contributed by atoms with E-state index in [9.17, 15) is 22.8 Å². The van der Waals surface area contributed by atoms with Crippen LogP contribution in [0.2, 0.25) is 0 Å². The first-order valence-corrected chi connectivity index (χ1v) is 12.8. The maximum absolute atomic E-state index is 13.4. The lowest BCUT2D eigenvalue weighted by atomic mass is 10.2. The van der Waals surface area contributed by atoms with Gasteiger partial charge in [-0.15, -0.1) is 10.2 Å². The van der Waals surface area contributed by atoms with Crippen molar-refractivity contribution >= 4 is 29.3 Å². The molecule has 3 aromatic carbocycles. The lowest BCUT2D eigenvalue weighted by molar-refractivity contribution is -0.137. The van der Waals surface area contributed by atoms with Crippen LogP contribution in [0.3, 0.4) is 0 Å². The molecule has 40 heavy (non-hydrogen) atoms. The number of halogens is 3. The number of carbonyl (C=O) groups excluding carboxylic acids is 2. The summed E-state index contributed by atoms with van der Waals surface area (Å²) >= 11 is 0.987. The minimum absolute atomic E-state index is 0.0968. The third kappa shape index (κ3) is 7.76. The molecule has 0 aliphatic heterocycles. The molecular weight excluding hydrogens is 547 g/mol. The highest BCUT2D eigenvalue weighted by Crippen LogP contribution is 2.31. The quantitative estimate of drug-likeness (QED) is 0.251. The van der Waals surface area contributed by atoms with Gasteiger partial charge >= 0.3 is 6.18 Å². The highest BCUT2D eigenvalue weighted by Gasteiger charge is 2.31. The summed E-state index contributed by atoms with van der Waals surface area (Å²) in [5.41, 5.74) is -0.187. The zero-order valence-corrected chi connectivity index (χ0v) is 22.0. The number of thioether (sulfide) groups is 1. The number of nitrogens with zero attached hydrogens (tertiary/aromatic N) is 3. The molecule has 0 bridgehead atoms. The highest BCUT2D eigenvalue weighted by atomic mass is 32.2. The van der Waals surface area contributed by atoms with Crippen LogP contribution >= 0.6 is 11.8 Å². The minimum Gasteiger partial charge on any atom is -0.497 e. The third-order valence-corrected chi connectivity index (χ3v) is 6.32. The molecule has 0 saturated carbocycles. The van der Waals surface area contributed by atoms with E-state index in [2.05, 4.69) is 20.8 Å². The van der Waals surface area contributed by atoms with E-state index in [1.165, 1.54) is 23.8 Å². The molecule has 4 aromatic rings. The van der Waals surface area contributed by atoms with Crippen molar-refractivity contribution in [3.63, 3.8) is 0 Å². The Balaban J connectivity index is 1.48. The van der Waals surface area contributed by atoms with Gasteiger partial charge in [0.05, 0.1) is 30.7 Å². The fourth-order valence-corrected chi connectivity index (χ4v) is 4.26. The van der Waals surface area contributed by atoms with Crippen molar-refractivity contribution in [3.8, 4) is 17.2 Å². The first-order valence-electron chi connectivity index (χ1n) is 11.9. The SMILES string of the molecule is COc1ccc(NC(=O)CSc2nnc(CNC(=O)COc3ccccc3)n2-c2cccc(C(F)(F)F)c2)cc1. The van der Waals surface area contributed by atoms with Gasteiger partial charge in [-0.25, -0.2) is 0 Å². The first-order chi connectivity index (χ1) is 19.2. The molecule has 1 heterocycles. The van der Waals surface area contributed by atoms with Crippen molar-refractivity contribution in [2.45, 2.75) is 17.9 Å². The average molecular weight is 572 g/mol. The van der Waals surface area contributed by atoms with Crippen LogP contribution in [0, 0.1) is 0 Å². The molecule has 1 aromatic heterocycles. The molecule has 0 aliphatic rings. The van der Waals surface area contributed by atoms with E-state index in [-0.39, 0.29) is 41.5 Å². The van der Waals surface area contributed by atoms with Gasteiger partial charge in [0.2, 0.25) is 5.91 Å². The van der Waals surface area contributed by atoms with Gasteiger partial charge in [0.15, 0.2) is 17.6 Å². The summed E-state index contributed by atoms with van der Waals surface area (Å²) in [6.45, 7) is -0.409. The Bertz CT molecular complexity index is 1450. The third-order valence-electron chi connectivity index (χ3n) is 5.40. The number of nitrogens with one attached hydrogen (secondary N) is 2. The van der Waals surface area contributed by atoms with Crippen LogP contribution < -0.4 is 20.1 Å². The lowest BCUT2D eigenvalue weighted by Crippen LogP contribution is -2.29. The fourth-order valence-electron chi connectivity index (χ4n) is 3.48. The number of hydrogen-bond donors (Lipinski definition) is 2. The molecule has 0 saturated heterocycles. The van der Waals surface area contributed by atoms with Crippen LogP contribution in [0.5, 0.6) is 11.5 Å². The molecule has 0 atom stereocenters. The molecule has 0 radical (unpaired) electrons.